The maximum Gasteiger partial charge on any atom is 0.313 e. The number of fused-ring (bicyclic) bond motifs is 1. The van der Waals surface area contributed by atoms with Crippen molar-refractivity contribution < 1.29 is 18.7 Å². The molecular formula is C13H13FO3. The van der Waals surface area contributed by atoms with Crippen LogP contribution in [0, 0.1) is 5.82 Å². The van der Waals surface area contributed by atoms with Gasteiger partial charge in [-0.3, -0.25) is 9.59 Å². The molecule has 0 fully saturated rings. The van der Waals surface area contributed by atoms with E-state index in [2.05, 4.69) is 0 Å². The Morgan fingerprint density at radius 1 is 1.53 bits per heavy atom. The summed E-state index contributed by atoms with van der Waals surface area (Å²) >= 11 is 0. The molecule has 1 aliphatic rings. The second-order valence-electron chi connectivity index (χ2n) is 4.00. The molecule has 1 aliphatic carbocycles. The van der Waals surface area contributed by atoms with Gasteiger partial charge in [0.15, 0.2) is 5.78 Å². The monoisotopic (exact) mass is 236 g/mol. The van der Waals surface area contributed by atoms with E-state index < -0.39 is 11.7 Å². The highest BCUT2D eigenvalue weighted by Crippen LogP contribution is 2.32. The van der Waals surface area contributed by atoms with Crippen molar-refractivity contribution in [2.24, 2.45) is 0 Å². The predicted molar refractivity (Wildman–Crippen MR) is 59.3 cm³/mol. The molecule has 4 heteroatoms. The molecule has 2 rings (SSSR count). The Labute approximate surface area is 98.6 Å². The quantitative estimate of drug-likeness (QED) is 0.741. The fraction of sp³-hybridized carbons (Fsp3) is 0.385. The van der Waals surface area contributed by atoms with Gasteiger partial charge in [0.2, 0.25) is 0 Å². The zero-order chi connectivity index (χ0) is 12.4. The molecule has 1 aromatic rings. The number of hydrogen-bond acceptors (Lipinski definition) is 3. The number of ketones is 1. The molecule has 1 unspecified atom stereocenters. The Morgan fingerprint density at radius 3 is 3.00 bits per heavy atom. The highest BCUT2D eigenvalue weighted by atomic mass is 19.1. The van der Waals surface area contributed by atoms with Crippen molar-refractivity contribution in [1.82, 2.24) is 0 Å². The molecule has 0 spiro atoms. The molecule has 0 aliphatic heterocycles. The zero-order valence-corrected chi connectivity index (χ0v) is 9.53. The van der Waals surface area contributed by atoms with Crippen LogP contribution in [0.15, 0.2) is 18.2 Å². The molecule has 3 nitrogen and oxygen atoms in total. The molecule has 0 aromatic heterocycles. The topological polar surface area (TPSA) is 43.4 Å². The number of hydrogen-bond donors (Lipinski definition) is 0. The van der Waals surface area contributed by atoms with Crippen LogP contribution >= 0.6 is 0 Å². The van der Waals surface area contributed by atoms with Gasteiger partial charge >= 0.3 is 5.97 Å². The third-order valence-electron chi connectivity index (χ3n) is 2.92. The lowest BCUT2D eigenvalue weighted by molar-refractivity contribution is -0.145. The van der Waals surface area contributed by atoms with Crippen LogP contribution in [0.4, 0.5) is 4.39 Å². The highest BCUT2D eigenvalue weighted by molar-refractivity contribution is 6.01. The normalized spacial score (nSPS) is 18.7. The van der Waals surface area contributed by atoms with Gasteiger partial charge in [-0.1, -0.05) is 0 Å². The summed E-state index contributed by atoms with van der Waals surface area (Å²) in [7, 11) is 0. The van der Waals surface area contributed by atoms with Crippen molar-refractivity contribution in [2.75, 3.05) is 6.61 Å². The Balaban J connectivity index is 2.40. The average Bonchev–Trinajstić information content (AvgIpc) is 2.29. The molecule has 90 valence electrons. The van der Waals surface area contributed by atoms with Crippen LogP contribution in [0.1, 0.15) is 41.6 Å². The Bertz CT molecular complexity index is 468. The molecule has 1 atom stereocenters. The van der Waals surface area contributed by atoms with Gasteiger partial charge in [-0.15, -0.1) is 0 Å². The van der Waals surface area contributed by atoms with Crippen LogP contribution < -0.4 is 0 Å². The number of Topliss-reactive ketones (excluding diaryl/α,β-unsaturated/α-hetero) is 1. The summed E-state index contributed by atoms with van der Waals surface area (Å²) in [4.78, 5) is 23.4. The fourth-order valence-electron chi connectivity index (χ4n) is 2.13. The van der Waals surface area contributed by atoms with Gasteiger partial charge in [0.1, 0.15) is 5.82 Å². The SMILES string of the molecule is CCOC(=O)C1CCC(=O)c2ccc(F)cc21. The largest absolute Gasteiger partial charge is 0.466 e. The first kappa shape index (κ1) is 11.8. The zero-order valence-electron chi connectivity index (χ0n) is 9.53. The number of halogens is 1. The highest BCUT2D eigenvalue weighted by Gasteiger charge is 2.31. The van der Waals surface area contributed by atoms with E-state index in [1.54, 1.807) is 6.92 Å². The third-order valence-corrected chi connectivity index (χ3v) is 2.92. The molecule has 0 radical (unpaired) electrons. The summed E-state index contributed by atoms with van der Waals surface area (Å²) in [6.07, 6.45) is 0.705. The lowest BCUT2D eigenvalue weighted by Gasteiger charge is -2.22. The molecule has 1 aromatic carbocycles. The van der Waals surface area contributed by atoms with Gasteiger partial charge in [0.05, 0.1) is 12.5 Å². The van der Waals surface area contributed by atoms with E-state index in [0.717, 1.165) is 0 Å². The van der Waals surface area contributed by atoms with Crippen molar-refractivity contribution in [1.29, 1.82) is 0 Å². The van der Waals surface area contributed by atoms with E-state index in [-0.39, 0.29) is 18.4 Å². The predicted octanol–water partition coefficient (Wildman–Crippen LogP) is 2.45. The summed E-state index contributed by atoms with van der Waals surface area (Å²) in [6, 6.07) is 3.94. The van der Waals surface area contributed by atoms with Crippen molar-refractivity contribution >= 4 is 11.8 Å². The summed E-state index contributed by atoms with van der Waals surface area (Å²) in [5.41, 5.74) is 0.899. The smallest absolute Gasteiger partial charge is 0.313 e. The minimum atomic E-state index is -0.515. The van der Waals surface area contributed by atoms with E-state index in [9.17, 15) is 14.0 Å². The first-order valence-corrected chi connectivity index (χ1v) is 5.62. The number of carbonyl (C=O) groups excluding carboxylic acids is 2. The molecule has 0 saturated heterocycles. The van der Waals surface area contributed by atoms with Gasteiger partial charge in [-0.2, -0.15) is 0 Å². The number of ether oxygens (including phenoxy) is 1. The van der Waals surface area contributed by atoms with Crippen LogP contribution in [-0.4, -0.2) is 18.4 Å². The second kappa shape index (κ2) is 4.65. The maximum atomic E-state index is 13.2. The van der Waals surface area contributed by atoms with E-state index in [1.807, 2.05) is 0 Å². The number of rotatable bonds is 2. The van der Waals surface area contributed by atoms with Crippen LogP contribution in [0.25, 0.3) is 0 Å². The number of esters is 1. The van der Waals surface area contributed by atoms with Crippen molar-refractivity contribution in [2.45, 2.75) is 25.7 Å². The Kier molecular flexibility index (Phi) is 3.22. The Morgan fingerprint density at radius 2 is 2.29 bits per heavy atom. The summed E-state index contributed by atoms with van der Waals surface area (Å²) in [6.45, 7) is 2.01. The minimum Gasteiger partial charge on any atom is -0.466 e. The van der Waals surface area contributed by atoms with E-state index in [0.29, 0.717) is 24.0 Å². The van der Waals surface area contributed by atoms with Crippen LogP contribution in [0.5, 0.6) is 0 Å². The summed E-state index contributed by atoms with van der Waals surface area (Å²) in [5, 5.41) is 0. The molecule has 0 N–H and O–H groups in total. The van der Waals surface area contributed by atoms with Gasteiger partial charge in [0, 0.05) is 12.0 Å². The molecular weight excluding hydrogens is 223 g/mol. The van der Waals surface area contributed by atoms with Crippen LogP contribution in [-0.2, 0) is 9.53 Å². The van der Waals surface area contributed by atoms with E-state index >= 15 is 0 Å². The number of carbonyl (C=O) groups is 2. The van der Waals surface area contributed by atoms with Gasteiger partial charge in [-0.05, 0) is 37.1 Å². The molecule has 0 bridgehead atoms. The summed E-state index contributed by atoms with van der Waals surface area (Å²) < 4.78 is 18.1. The first-order chi connectivity index (χ1) is 8.13. The van der Waals surface area contributed by atoms with E-state index in [1.165, 1.54) is 18.2 Å². The average molecular weight is 236 g/mol. The molecule has 0 amide bonds. The van der Waals surface area contributed by atoms with Crippen LogP contribution in [0.3, 0.4) is 0 Å². The first-order valence-electron chi connectivity index (χ1n) is 5.62. The molecule has 0 saturated carbocycles. The minimum absolute atomic E-state index is 0.0412. The third kappa shape index (κ3) is 2.20. The van der Waals surface area contributed by atoms with Gasteiger partial charge < -0.3 is 4.74 Å². The van der Waals surface area contributed by atoms with Crippen molar-refractivity contribution in [3.63, 3.8) is 0 Å². The van der Waals surface area contributed by atoms with Crippen LogP contribution in [0.2, 0.25) is 0 Å². The van der Waals surface area contributed by atoms with Crippen molar-refractivity contribution in [3.8, 4) is 0 Å². The molecule has 0 heterocycles. The van der Waals surface area contributed by atoms with E-state index in [4.69, 9.17) is 4.74 Å². The lowest BCUT2D eigenvalue weighted by atomic mass is 9.82. The second-order valence-corrected chi connectivity index (χ2v) is 4.00. The summed E-state index contributed by atoms with van der Waals surface area (Å²) in [5.74, 6) is -1.38. The fourth-order valence-corrected chi connectivity index (χ4v) is 2.13. The van der Waals surface area contributed by atoms with Gasteiger partial charge in [-0.25, -0.2) is 4.39 Å². The maximum absolute atomic E-state index is 13.2. The lowest BCUT2D eigenvalue weighted by Crippen LogP contribution is -2.24. The number of benzene rings is 1. The Hall–Kier alpha value is -1.71. The molecule has 17 heavy (non-hydrogen) atoms. The van der Waals surface area contributed by atoms with Crippen molar-refractivity contribution in [3.05, 3.63) is 35.1 Å². The van der Waals surface area contributed by atoms with Gasteiger partial charge in [0.25, 0.3) is 0 Å². The standard InChI is InChI=1S/C13H13FO3/c1-2-17-13(16)10-5-6-12(15)9-4-3-8(14)7-11(9)10/h3-4,7,10H,2,5-6H2,1H3.